The van der Waals surface area contributed by atoms with Crippen molar-refractivity contribution in [2.75, 3.05) is 71.9 Å². The van der Waals surface area contributed by atoms with Crippen molar-refractivity contribution in [3.63, 3.8) is 0 Å². The molecule has 15 rings (SSSR count). The van der Waals surface area contributed by atoms with Gasteiger partial charge in [-0.25, -0.2) is 39.1 Å². The van der Waals surface area contributed by atoms with Gasteiger partial charge in [0.15, 0.2) is 0 Å². The highest BCUT2D eigenvalue weighted by atomic mass is 127. The van der Waals surface area contributed by atoms with Crippen molar-refractivity contribution in [2.24, 2.45) is 0 Å². The van der Waals surface area contributed by atoms with E-state index in [1.807, 2.05) is 173 Å². The van der Waals surface area contributed by atoms with E-state index in [1.54, 1.807) is 91.5 Å². The van der Waals surface area contributed by atoms with Gasteiger partial charge in [0.1, 0.15) is 74.8 Å². The zero-order chi connectivity index (χ0) is 89.4. The minimum atomic E-state index is -1.03. The number of nitrogen functional groups attached to an aromatic ring is 2. The predicted octanol–water partition coefficient (Wildman–Crippen LogP) is 19.9. The zero-order valence-electron chi connectivity index (χ0n) is 71.0. The second-order valence-electron chi connectivity index (χ2n) is 28.8. The topological polar surface area (TPSA) is 316 Å². The Kier molecular flexibility index (Phi) is 33.7. The van der Waals surface area contributed by atoms with E-state index in [-0.39, 0.29) is 29.9 Å². The van der Waals surface area contributed by atoms with Crippen LogP contribution in [0, 0.1) is 3.57 Å². The number of aromatic carboxylic acids is 1. The van der Waals surface area contributed by atoms with Gasteiger partial charge in [-0.1, -0.05) is 170 Å². The third-order valence-electron chi connectivity index (χ3n) is 20.0. The lowest BCUT2D eigenvalue weighted by Crippen LogP contribution is -2.41. The summed E-state index contributed by atoms with van der Waals surface area (Å²) in [6.45, 7) is 9.42. The smallest absolute Gasteiger partial charge is 0.496 e. The van der Waals surface area contributed by atoms with Crippen LogP contribution in [0.1, 0.15) is 90.6 Å². The number of rotatable bonds is 22. The number of pyridine rings is 4. The number of hydrogen-bond donors (Lipinski definition) is 5. The lowest BCUT2D eigenvalue weighted by Gasteiger charge is -2.32. The fraction of sp³-hybridized carbons (Fsp3) is 0.150. The van der Waals surface area contributed by atoms with E-state index < -0.39 is 17.9 Å². The summed E-state index contributed by atoms with van der Waals surface area (Å²) in [5.74, 6) is 2.01. The van der Waals surface area contributed by atoms with Gasteiger partial charge >= 0.3 is 31.0 Å². The Hall–Kier alpha value is -14.5. The molecular formula is C100H96BIN8O15. The van der Waals surface area contributed by atoms with Gasteiger partial charge in [-0.2, -0.15) is 0 Å². The third kappa shape index (κ3) is 26.0. The fourth-order valence-corrected chi connectivity index (χ4v) is 13.0. The number of nitrogens with zero attached hydrogens (tertiary/aromatic N) is 4. The number of nitrogens with two attached hydrogens (primary N) is 2. The van der Waals surface area contributed by atoms with E-state index in [9.17, 15) is 29.1 Å². The number of aromatic nitrogens is 4. The molecule has 1 saturated heterocycles. The third-order valence-corrected chi connectivity index (χ3v) is 20.7. The molecule has 4 aromatic heterocycles. The summed E-state index contributed by atoms with van der Waals surface area (Å²) in [5, 5.41) is 16.1. The molecule has 0 saturated carbocycles. The van der Waals surface area contributed by atoms with Gasteiger partial charge in [-0.05, 0) is 227 Å². The van der Waals surface area contributed by atoms with E-state index in [0.717, 1.165) is 77.0 Å². The molecule has 0 aliphatic carbocycles. The maximum Gasteiger partial charge on any atom is 0.496 e. The van der Waals surface area contributed by atoms with Crippen molar-refractivity contribution in [3.8, 4) is 89.8 Å². The van der Waals surface area contributed by atoms with Gasteiger partial charge in [0.05, 0.1) is 61.0 Å². The minimum Gasteiger partial charge on any atom is -0.496 e. The van der Waals surface area contributed by atoms with E-state index in [0.29, 0.717) is 70.0 Å². The molecule has 23 nitrogen and oxygen atoms in total. The Morgan fingerprint density at radius 3 is 1.07 bits per heavy atom. The summed E-state index contributed by atoms with van der Waals surface area (Å²) < 4.78 is 47.5. The largest absolute Gasteiger partial charge is 0.496 e. The van der Waals surface area contributed by atoms with E-state index >= 15 is 0 Å². The zero-order valence-corrected chi connectivity index (χ0v) is 73.2. The van der Waals surface area contributed by atoms with Crippen LogP contribution in [0.5, 0.6) is 23.0 Å². The number of carboxylic acid groups (broad SMARTS) is 1. The highest BCUT2D eigenvalue weighted by Gasteiger charge is 2.52. The predicted molar refractivity (Wildman–Crippen MR) is 500 cm³/mol. The highest BCUT2D eigenvalue weighted by molar-refractivity contribution is 14.1. The molecule has 1 aliphatic heterocycles. The Bertz CT molecular complexity index is 5910. The number of carbonyl (C=O) groups is 5. The molecule has 0 unspecified atom stereocenters. The average Bonchev–Trinajstić information content (AvgIpc) is 1.63. The van der Waals surface area contributed by atoms with Crippen LogP contribution in [0.15, 0.2) is 310 Å². The second kappa shape index (κ2) is 45.4. The molecule has 25 heteroatoms. The van der Waals surface area contributed by atoms with Crippen molar-refractivity contribution in [2.45, 2.75) is 52.0 Å². The number of methoxy groups -OCH3 is 7. The second-order valence-corrected chi connectivity index (χ2v) is 30.0. The van der Waals surface area contributed by atoms with Crippen LogP contribution >= 0.6 is 22.6 Å². The van der Waals surface area contributed by atoms with E-state index in [1.165, 1.54) is 77.6 Å². The van der Waals surface area contributed by atoms with Crippen molar-refractivity contribution < 1.29 is 71.5 Å². The molecule has 0 bridgehead atoms. The first kappa shape index (κ1) is 92.7. The SMILES string of the molecule is CC1(C)OB(c2ccc(N)nc2)OC1(C)C.COC(=O)c1cc(-c2ccc(N)nc2)ccc1OC.COC(=O)c1cc(-c2ccc(NCc3cccc(-c4ccccc4)c3)nc2)ccc1OC.COC(=O)c1cc(I)ccc1OC.COc1ccc(-c2ccc(NCc3cccc(-c4ccccc4)c3)nc2)cc1C(=O)O.O=Cc1cccc(-c2ccccc2)c1. The van der Waals surface area contributed by atoms with Gasteiger partial charge in [-0.3, -0.25) is 4.79 Å². The molecule has 5 heterocycles. The Balaban J connectivity index is 0.000000162. The monoisotopic (exact) mass is 1790 g/mol. The molecule has 0 radical (unpaired) electrons. The first-order valence-corrected chi connectivity index (χ1v) is 40.4. The van der Waals surface area contributed by atoms with Crippen LogP contribution in [-0.2, 0) is 36.6 Å². The van der Waals surface area contributed by atoms with Gasteiger partial charge < -0.3 is 69.7 Å². The lowest BCUT2D eigenvalue weighted by molar-refractivity contribution is 0.00578. The number of anilines is 4. The van der Waals surface area contributed by atoms with Crippen LogP contribution in [0.4, 0.5) is 23.3 Å². The van der Waals surface area contributed by atoms with Gasteiger partial charge in [-0.15, -0.1) is 0 Å². The van der Waals surface area contributed by atoms with E-state index in [4.69, 9.17) is 49.2 Å². The summed E-state index contributed by atoms with van der Waals surface area (Å²) in [7, 11) is 9.68. The molecule has 14 aromatic rings. The average molecular weight is 1790 g/mol. The quantitative estimate of drug-likeness (QED) is 0.0138. The van der Waals surface area contributed by atoms with Crippen LogP contribution in [0.2, 0.25) is 0 Å². The summed E-state index contributed by atoms with van der Waals surface area (Å²) in [4.78, 5) is 74.1. The van der Waals surface area contributed by atoms with Crippen LogP contribution < -0.4 is 46.5 Å². The first-order chi connectivity index (χ1) is 60.4. The number of ether oxygens (including phenoxy) is 7. The van der Waals surface area contributed by atoms with Crippen LogP contribution in [0.3, 0.4) is 0 Å². The molecule has 0 atom stereocenters. The van der Waals surface area contributed by atoms with E-state index in [2.05, 4.69) is 131 Å². The summed E-state index contributed by atoms with van der Waals surface area (Å²) in [6.07, 6.45) is 7.73. The summed E-state index contributed by atoms with van der Waals surface area (Å²) in [6, 6.07) is 91.1. The molecule has 125 heavy (non-hydrogen) atoms. The standard InChI is InChI=1S/C27H24N2O3.C26H22N2O3.C14H14N2O3.C13H10O.C11H17BN2O2.C9H9IO3/c1-31-25-13-11-22(16-24(25)27(30)32-2)23-12-14-26(29-18-23)28-17-19-7-6-10-21(15-19)20-8-4-3-5-9-20;1-31-24-12-10-21(15-23(24)26(29)30)22-11-13-25(28-17-22)27-16-18-6-5-9-20(14-18)19-7-3-2-4-8-19;1-18-12-5-3-9(7-11(12)14(17)19-2)10-4-6-13(15)16-8-10;14-10-11-5-4-8-13(9-11)12-6-2-1-3-7-12;1-10(2)11(3,4)16-12(15-10)8-5-6-9(13)14-7-8;1-12-8-4-3-6(10)5-7(8)9(11)13-2/h3-16,18H,17H2,1-2H3,(H,28,29);2-15,17H,16H2,1H3,(H,27,28)(H,29,30);3-8H,1-2H3,(H2,15,16);1-10H;5-7H,1-4H3,(H2,13,14);3-5H,1-2H3. The number of hydrogen-bond acceptors (Lipinski definition) is 22. The number of aldehydes is 1. The van der Waals surface area contributed by atoms with Crippen molar-refractivity contribution in [1.29, 1.82) is 0 Å². The number of benzene rings is 10. The highest BCUT2D eigenvalue weighted by Crippen LogP contribution is 2.37. The Morgan fingerprint density at radius 2 is 0.712 bits per heavy atom. The maximum absolute atomic E-state index is 12.0. The minimum absolute atomic E-state index is 0.125. The van der Waals surface area contributed by atoms with Gasteiger partial charge in [0.25, 0.3) is 0 Å². The molecule has 0 amide bonds. The van der Waals surface area contributed by atoms with Crippen molar-refractivity contribution in [3.05, 3.63) is 352 Å². The van der Waals surface area contributed by atoms with Gasteiger partial charge in [0.2, 0.25) is 0 Å². The number of carbonyl (C=O) groups excluding carboxylic acids is 4. The summed E-state index contributed by atoms with van der Waals surface area (Å²) in [5.41, 5.74) is 27.8. The van der Waals surface area contributed by atoms with Crippen LogP contribution in [0.25, 0.3) is 66.8 Å². The van der Waals surface area contributed by atoms with Gasteiger partial charge in [0, 0.05) is 69.2 Å². The lowest BCUT2D eigenvalue weighted by atomic mass is 9.80. The number of carboxylic acids is 1. The molecule has 7 N–H and O–H groups in total. The molecular weight excluding hydrogens is 1690 g/mol. The first-order valence-electron chi connectivity index (χ1n) is 39.3. The molecule has 10 aromatic carbocycles. The Morgan fingerprint density at radius 1 is 0.376 bits per heavy atom. The molecule has 636 valence electrons. The summed E-state index contributed by atoms with van der Waals surface area (Å²) >= 11 is 2.12. The normalized spacial score (nSPS) is 11.7. The van der Waals surface area contributed by atoms with Crippen molar-refractivity contribution >= 4 is 88.6 Å². The fourth-order valence-electron chi connectivity index (χ4n) is 12.6. The Labute approximate surface area is 741 Å². The molecule has 1 aliphatic rings. The number of halogens is 1. The maximum atomic E-state index is 12.0. The number of esters is 3. The molecule has 0 spiro atoms. The molecule has 1 fully saturated rings. The van der Waals surface area contributed by atoms with Crippen molar-refractivity contribution in [1.82, 2.24) is 19.9 Å². The number of nitrogens with one attached hydrogen (secondary N) is 2. The van der Waals surface area contributed by atoms with Crippen LogP contribution in [-0.4, -0.2) is 123 Å².